The molecular formula is C28H25ClF2N6O2. The summed E-state index contributed by atoms with van der Waals surface area (Å²) in [5, 5.41) is 13.7. The van der Waals surface area contributed by atoms with Gasteiger partial charge in [0.25, 0.3) is 0 Å². The zero-order chi connectivity index (χ0) is 27.5. The molecule has 1 aliphatic rings. The summed E-state index contributed by atoms with van der Waals surface area (Å²) in [7, 11) is 0. The Kier molecular flexibility index (Phi) is 7.56. The molecule has 0 atom stereocenters. The molecule has 0 radical (unpaired) electrons. The minimum Gasteiger partial charge on any atom is -0.507 e. The Bertz CT molecular complexity index is 1520. The molecule has 0 saturated carbocycles. The Morgan fingerprint density at radius 3 is 2.59 bits per heavy atom. The summed E-state index contributed by atoms with van der Waals surface area (Å²) < 4.78 is 30.9. The highest BCUT2D eigenvalue weighted by atomic mass is 35.5. The van der Waals surface area contributed by atoms with E-state index in [1.165, 1.54) is 24.3 Å². The van der Waals surface area contributed by atoms with Crippen LogP contribution in [0.15, 0.2) is 61.3 Å². The minimum atomic E-state index is -0.880. The van der Waals surface area contributed by atoms with Gasteiger partial charge in [0.1, 0.15) is 22.9 Å². The van der Waals surface area contributed by atoms with Gasteiger partial charge in [-0.25, -0.2) is 13.8 Å². The van der Waals surface area contributed by atoms with Crippen molar-refractivity contribution >= 4 is 40.2 Å². The molecule has 11 heteroatoms. The van der Waals surface area contributed by atoms with Crippen molar-refractivity contribution in [3.8, 4) is 16.9 Å². The van der Waals surface area contributed by atoms with Crippen molar-refractivity contribution in [1.29, 1.82) is 0 Å². The van der Waals surface area contributed by atoms with Gasteiger partial charge in [0.05, 0.1) is 10.6 Å². The topological polar surface area (TPSA) is 94.5 Å². The Morgan fingerprint density at radius 1 is 1.10 bits per heavy atom. The molecule has 2 N–H and O–H groups in total. The van der Waals surface area contributed by atoms with E-state index in [0.29, 0.717) is 50.3 Å². The number of fused-ring (bicyclic) bond motifs is 1. The highest BCUT2D eigenvalue weighted by molar-refractivity contribution is 6.34. The maximum absolute atomic E-state index is 16.1. The lowest BCUT2D eigenvalue weighted by Gasteiger charge is -2.35. The highest BCUT2D eigenvalue weighted by Crippen LogP contribution is 2.42. The number of halogens is 3. The van der Waals surface area contributed by atoms with Gasteiger partial charge >= 0.3 is 0 Å². The number of nitrogens with zero attached hydrogens (tertiary/aromatic N) is 5. The first-order valence-corrected chi connectivity index (χ1v) is 12.7. The van der Waals surface area contributed by atoms with Crippen LogP contribution in [0.2, 0.25) is 5.02 Å². The van der Waals surface area contributed by atoms with Gasteiger partial charge < -0.3 is 20.2 Å². The molecular weight excluding hydrogens is 526 g/mol. The molecule has 5 rings (SSSR count). The van der Waals surface area contributed by atoms with Crippen LogP contribution in [0.3, 0.4) is 0 Å². The minimum absolute atomic E-state index is 0.0769. The van der Waals surface area contributed by atoms with Crippen LogP contribution < -0.4 is 10.2 Å². The lowest BCUT2D eigenvalue weighted by molar-refractivity contribution is -0.126. The first kappa shape index (κ1) is 26.3. The summed E-state index contributed by atoms with van der Waals surface area (Å²) >= 11 is 6.49. The molecule has 3 heterocycles. The second kappa shape index (κ2) is 11.2. The molecule has 1 aliphatic heterocycles. The summed E-state index contributed by atoms with van der Waals surface area (Å²) in [6, 6.07) is 10.8. The van der Waals surface area contributed by atoms with Crippen molar-refractivity contribution in [1.82, 2.24) is 19.9 Å². The van der Waals surface area contributed by atoms with Gasteiger partial charge in [0.15, 0.2) is 5.82 Å². The third-order valence-electron chi connectivity index (χ3n) is 6.56. The second-order valence-electron chi connectivity index (χ2n) is 8.96. The molecule has 0 unspecified atom stereocenters. The van der Waals surface area contributed by atoms with E-state index < -0.39 is 17.4 Å². The maximum atomic E-state index is 16.1. The fourth-order valence-corrected chi connectivity index (χ4v) is 4.89. The number of aromatic nitrogens is 3. The number of amides is 1. The van der Waals surface area contributed by atoms with E-state index >= 15 is 4.39 Å². The molecule has 0 aliphatic carbocycles. The van der Waals surface area contributed by atoms with E-state index in [0.717, 1.165) is 11.8 Å². The Hall–Kier alpha value is -4.31. The van der Waals surface area contributed by atoms with Gasteiger partial charge in [0.2, 0.25) is 11.9 Å². The molecule has 1 saturated heterocycles. The van der Waals surface area contributed by atoms with Gasteiger partial charge in [-0.3, -0.25) is 9.78 Å². The van der Waals surface area contributed by atoms with Gasteiger partial charge in [-0.15, -0.1) is 0 Å². The number of aromatic hydroxyl groups is 1. The van der Waals surface area contributed by atoms with Crippen LogP contribution >= 0.6 is 11.6 Å². The predicted octanol–water partition coefficient (Wildman–Crippen LogP) is 4.82. The number of nitrogens with one attached hydrogen (secondary N) is 1. The van der Waals surface area contributed by atoms with Gasteiger partial charge in [-0.1, -0.05) is 30.3 Å². The molecule has 4 aromatic rings. The smallest absolute Gasteiger partial charge is 0.246 e. The maximum Gasteiger partial charge on any atom is 0.246 e. The summed E-state index contributed by atoms with van der Waals surface area (Å²) in [4.78, 5) is 29.1. The average molecular weight is 551 g/mol. The van der Waals surface area contributed by atoms with Crippen LogP contribution in [-0.2, 0) is 11.2 Å². The molecule has 2 aromatic carbocycles. The summed E-state index contributed by atoms with van der Waals surface area (Å²) in [6.45, 7) is 5.70. The molecule has 2 aromatic heterocycles. The van der Waals surface area contributed by atoms with Crippen LogP contribution in [0.25, 0.3) is 22.0 Å². The number of phenols is 1. The summed E-state index contributed by atoms with van der Waals surface area (Å²) in [6.07, 6.45) is 3.56. The van der Waals surface area contributed by atoms with Crippen molar-refractivity contribution in [2.24, 2.45) is 0 Å². The van der Waals surface area contributed by atoms with Crippen LogP contribution in [0.5, 0.6) is 5.75 Å². The van der Waals surface area contributed by atoms with Crippen LogP contribution in [0.1, 0.15) is 5.69 Å². The zero-order valence-corrected chi connectivity index (χ0v) is 21.6. The Balaban J connectivity index is 1.57. The Labute approximate surface area is 228 Å². The van der Waals surface area contributed by atoms with Crippen molar-refractivity contribution in [2.75, 3.05) is 42.9 Å². The number of carbonyl (C=O) groups is 1. The zero-order valence-electron chi connectivity index (χ0n) is 20.9. The molecule has 0 spiro atoms. The summed E-state index contributed by atoms with van der Waals surface area (Å²) in [5.74, 6) is -1.71. The predicted molar refractivity (Wildman–Crippen MR) is 147 cm³/mol. The number of anilines is 2. The fraction of sp³-hybridized carbons (Fsp3) is 0.214. The number of benzene rings is 2. The van der Waals surface area contributed by atoms with Crippen LogP contribution in [0.4, 0.5) is 20.5 Å². The molecule has 200 valence electrons. The van der Waals surface area contributed by atoms with Crippen molar-refractivity contribution < 1.29 is 18.7 Å². The number of phenolic OH excluding ortho intramolecular Hbond substituents is 1. The SMILES string of the molecule is C=CC(=O)N1CCN(c2nc(NCCc3ccccn3)nc3c(F)c(-c4c(O)cccc4F)c(Cl)cc23)CC1. The lowest BCUT2D eigenvalue weighted by atomic mass is 10.0. The van der Waals surface area contributed by atoms with Gasteiger partial charge in [-0.05, 0) is 36.4 Å². The number of rotatable bonds is 7. The molecule has 0 bridgehead atoms. The van der Waals surface area contributed by atoms with Crippen molar-refractivity contribution in [3.63, 3.8) is 0 Å². The quantitative estimate of drug-likeness (QED) is 0.319. The van der Waals surface area contributed by atoms with Gasteiger partial charge in [-0.2, -0.15) is 4.98 Å². The van der Waals surface area contributed by atoms with E-state index in [1.54, 1.807) is 11.1 Å². The monoisotopic (exact) mass is 550 g/mol. The molecule has 1 amide bonds. The largest absolute Gasteiger partial charge is 0.507 e. The van der Waals surface area contributed by atoms with E-state index in [-0.39, 0.29) is 33.5 Å². The molecule has 1 fully saturated rings. The van der Waals surface area contributed by atoms with Crippen molar-refractivity contribution in [3.05, 3.63) is 83.7 Å². The third kappa shape index (κ3) is 5.33. The van der Waals surface area contributed by atoms with E-state index in [1.807, 2.05) is 23.1 Å². The molecule has 8 nitrogen and oxygen atoms in total. The first-order chi connectivity index (χ1) is 18.9. The summed E-state index contributed by atoms with van der Waals surface area (Å²) in [5.41, 5.74) is 0.157. The van der Waals surface area contributed by atoms with E-state index in [4.69, 9.17) is 11.6 Å². The average Bonchev–Trinajstić information content (AvgIpc) is 2.95. The van der Waals surface area contributed by atoms with Crippen LogP contribution in [0, 0.1) is 11.6 Å². The number of hydrogen-bond donors (Lipinski definition) is 2. The van der Waals surface area contributed by atoms with E-state index in [9.17, 15) is 14.3 Å². The molecule has 39 heavy (non-hydrogen) atoms. The third-order valence-corrected chi connectivity index (χ3v) is 6.86. The number of carbonyl (C=O) groups excluding carboxylic acids is 1. The number of piperazine rings is 1. The van der Waals surface area contributed by atoms with Crippen LogP contribution in [-0.4, -0.2) is 63.6 Å². The fourth-order valence-electron chi connectivity index (χ4n) is 4.61. The van der Waals surface area contributed by atoms with Gasteiger partial charge in [0, 0.05) is 62.0 Å². The number of pyridine rings is 1. The normalized spacial score (nSPS) is 13.5. The lowest BCUT2D eigenvalue weighted by Crippen LogP contribution is -2.48. The standard InChI is InChI=1S/C28H25ClF2N6O2/c1-2-22(39)36-12-14-37(15-13-36)27-18-16-19(29)23(24-20(30)7-5-8-21(24)38)25(31)26(18)34-28(35-27)33-11-9-17-6-3-4-10-32-17/h2-8,10,16,38H,1,9,11-15H2,(H,33,34,35). The Morgan fingerprint density at radius 2 is 1.90 bits per heavy atom. The second-order valence-corrected chi connectivity index (χ2v) is 9.37. The highest BCUT2D eigenvalue weighted by Gasteiger charge is 2.27. The number of hydrogen-bond acceptors (Lipinski definition) is 7. The van der Waals surface area contributed by atoms with E-state index in [2.05, 4.69) is 26.8 Å². The van der Waals surface area contributed by atoms with Crippen molar-refractivity contribution in [2.45, 2.75) is 6.42 Å². The first-order valence-electron chi connectivity index (χ1n) is 12.3.